The standard InChI is InChI=1S/C23H19N3OS2/c27-23-21-15-7-1-4-10-18(15)29-22(21)24-13-25(23)14-26-16-8-2-5-11-19(16)28-20-12-6-3-9-17(20)26/h2-3,5-6,8-9,11-13H,1,4,7,10,14H2. The number of thiophene rings is 1. The second-order valence-corrected chi connectivity index (χ2v) is 9.68. The fourth-order valence-corrected chi connectivity index (χ4v) is 6.68. The molecule has 0 radical (unpaired) electrons. The summed E-state index contributed by atoms with van der Waals surface area (Å²) < 4.78 is 1.77. The quantitative estimate of drug-likeness (QED) is 0.426. The SMILES string of the molecule is O=c1c2c3c(sc2ncn1CN1c2ccccc2Sc2ccccc21)CCCC3. The molecule has 0 unspecified atom stereocenters. The van der Waals surface area contributed by atoms with Crippen LogP contribution in [0.15, 0.2) is 69.4 Å². The van der Waals surface area contributed by atoms with Crippen LogP contribution in [-0.2, 0) is 19.5 Å². The maximum Gasteiger partial charge on any atom is 0.263 e. The van der Waals surface area contributed by atoms with Gasteiger partial charge < -0.3 is 4.90 Å². The molecule has 6 rings (SSSR count). The van der Waals surface area contributed by atoms with Gasteiger partial charge in [0.1, 0.15) is 17.8 Å². The van der Waals surface area contributed by atoms with Crippen LogP contribution in [0.1, 0.15) is 23.3 Å². The van der Waals surface area contributed by atoms with E-state index in [4.69, 9.17) is 0 Å². The van der Waals surface area contributed by atoms with Crippen LogP contribution in [-0.4, -0.2) is 9.55 Å². The predicted molar refractivity (Wildman–Crippen MR) is 120 cm³/mol. The summed E-state index contributed by atoms with van der Waals surface area (Å²) in [6, 6.07) is 16.8. The number of nitrogens with zero attached hydrogens (tertiary/aromatic N) is 3. The molecule has 0 bridgehead atoms. The molecule has 144 valence electrons. The average Bonchev–Trinajstić information content (AvgIpc) is 3.14. The minimum Gasteiger partial charge on any atom is -0.321 e. The van der Waals surface area contributed by atoms with E-state index in [0.717, 1.165) is 40.9 Å². The fourth-order valence-electron chi connectivity index (χ4n) is 4.37. The molecule has 0 saturated heterocycles. The number of para-hydroxylation sites is 2. The Kier molecular flexibility index (Phi) is 4.03. The molecule has 4 aromatic rings. The third kappa shape index (κ3) is 2.74. The number of aromatic nitrogens is 2. The first-order chi connectivity index (χ1) is 14.3. The van der Waals surface area contributed by atoms with E-state index in [1.54, 1.807) is 34.0 Å². The average molecular weight is 418 g/mol. The zero-order valence-electron chi connectivity index (χ0n) is 15.8. The molecule has 0 spiro atoms. The minimum atomic E-state index is 0.0857. The molecule has 1 aliphatic carbocycles. The van der Waals surface area contributed by atoms with Crippen LogP contribution in [0.4, 0.5) is 11.4 Å². The first-order valence-corrected chi connectivity index (χ1v) is 11.6. The summed E-state index contributed by atoms with van der Waals surface area (Å²) in [5.41, 5.74) is 3.60. The third-order valence-electron chi connectivity index (χ3n) is 5.77. The van der Waals surface area contributed by atoms with E-state index in [-0.39, 0.29) is 5.56 Å². The number of fused-ring (bicyclic) bond motifs is 5. The maximum atomic E-state index is 13.5. The number of hydrogen-bond acceptors (Lipinski definition) is 5. The zero-order valence-corrected chi connectivity index (χ0v) is 17.4. The van der Waals surface area contributed by atoms with Crippen molar-refractivity contribution in [2.24, 2.45) is 0 Å². The Morgan fingerprint density at radius 2 is 1.62 bits per heavy atom. The molecule has 0 amide bonds. The van der Waals surface area contributed by atoms with Crippen molar-refractivity contribution in [2.45, 2.75) is 42.1 Å². The van der Waals surface area contributed by atoms with E-state index in [1.807, 2.05) is 0 Å². The first-order valence-electron chi connectivity index (χ1n) is 9.93. The van der Waals surface area contributed by atoms with E-state index in [0.29, 0.717) is 6.67 Å². The Labute approximate surface area is 176 Å². The van der Waals surface area contributed by atoms with Gasteiger partial charge in [-0.05, 0) is 55.5 Å². The molecule has 0 fully saturated rings. The second kappa shape index (κ2) is 6.75. The van der Waals surface area contributed by atoms with Crippen molar-refractivity contribution < 1.29 is 0 Å². The number of anilines is 2. The fraction of sp³-hybridized carbons (Fsp3) is 0.217. The van der Waals surface area contributed by atoms with Gasteiger partial charge >= 0.3 is 0 Å². The topological polar surface area (TPSA) is 38.1 Å². The summed E-state index contributed by atoms with van der Waals surface area (Å²) in [4.78, 5) is 25.0. The summed E-state index contributed by atoms with van der Waals surface area (Å²) in [7, 11) is 0. The van der Waals surface area contributed by atoms with E-state index in [2.05, 4.69) is 58.4 Å². The normalized spacial score (nSPS) is 15.1. The highest BCUT2D eigenvalue weighted by atomic mass is 32.2. The maximum absolute atomic E-state index is 13.5. The van der Waals surface area contributed by atoms with Crippen LogP contribution in [0, 0.1) is 0 Å². The highest BCUT2D eigenvalue weighted by Crippen LogP contribution is 2.48. The third-order valence-corrected chi connectivity index (χ3v) is 8.10. The van der Waals surface area contributed by atoms with E-state index < -0.39 is 0 Å². The van der Waals surface area contributed by atoms with Crippen molar-refractivity contribution in [2.75, 3.05) is 4.90 Å². The van der Waals surface area contributed by atoms with Gasteiger partial charge in [-0.15, -0.1) is 11.3 Å². The second-order valence-electron chi connectivity index (χ2n) is 7.52. The van der Waals surface area contributed by atoms with Crippen molar-refractivity contribution in [3.05, 3.63) is 75.7 Å². The van der Waals surface area contributed by atoms with E-state index >= 15 is 0 Å². The molecule has 4 nitrogen and oxygen atoms in total. The van der Waals surface area contributed by atoms with Crippen LogP contribution >= 0.6 is 23.1 Å². The van der Waals surface area contributed by atoms with Gasteiger partial charge in [-0.1, -0.05) is 36.0 Å². The Morgan fingerprint density at radius 3 is 2.38 bits per heavy atom. The van der Waals surface area contributed by atoms with E-state index in [1.165, 1.54) is 26.7 Å². The summed E-state index contributed by atoms with van der Waals surface area (Å²) in [6.45, 7) is 0.459. The summed E-state index contributed by atoms with van der Waals surface area (Å²) in [5, 5.41) is 0.847. The van der Waals surface area contributed by atoms with Gasteiger partial charge in [0, 0.05) is 14.7 Å². The molecule has 0 saturated carbocycles. The van der Waals surface area contributed by atoms with Crippen molar-refractivity contribution in [1.82, 2.24) is 9.55 Å². The number of benzene rings is 2. The minimum absolute atomic E-state index is 0.0857. The Bertz CT molecular complexity index is 1260. The monoisotopic (exact) mass is 417 g/mol. The largest absolute Gasteiger partial charge is 0.321 e. The Hall–Kier alpha value is -2.57. The van der Waals surface area contributed by atoms with Gasteiger partial charge in [-0.2, -0.15) is 0 Å². The van der Waals surface area contributed by atoms with Gasteiger partial charge in [0.05, 0.1) is 16.8 Å². The van der Waals surface area contributed by atoms with E-state index in [9.17, 15) is 4.79 Å². The van der Waals surface area contributed by atoms with Crippen molar-refractivity contribution in [1.29, 1.82) is 0 Å². The van der Waals surface area contributed by atoms with Gasteiger partial charge in [0.2, 0.25) is 0 Å². The molecule has 1 aliphatic heterocycles. The smallest absolute Gasteiger partial charge is 0.263 e. The first kappa shape index (κ1) is 17.3. The molecule has 6 heteroatoms. The lowest BCUT2D eigenvalue weighted by Crippen LogP contribution is -2.31. The van der Waals surface area contributed by atoms with Crippen LogP contribution in [0.25, 0.3) is 10.2 Å². The highest BCUT2D eigenvalue weighted by molar-refractivity contribution is 7.99. The Balaban J connectivity index is 1.49. The number of hydrogen-bond donors (Lipinski definition) is 0. The molecule has 3 heterocycles. The van der Waals surface area contributed by atoms with Crippen LogP contribution in [0.5, 0.6) is 0 Å². The molecule has 2 aromatic carbocycles. The van der Waals surface area contributed by atoms with Crippen molar-refractivity contribution in [3.63, 3.8) is 0 Å². The van der Waals surface area contributed by atoms with Crippen molar-refractivity contribution in [3.8, 4) is 0 Å². The van der Waals surface area contributed by atoms with Crippen LogP contribution < -0.4 is 10.5 Å². The number of aryl methyl sites for hydroxylation is 2. The molecule has 2 aromatic heterocycles. The summed E-state index contributed by atoms with van der Waals surface area (Å²) >= 11 is 3.48. The van der Waals surface area contributed by atoms with Gasteiger partial charge in [0.15, 0.2) is 0 Å². The van der Waals surface area contributed by atoms with Crippen LogP contribution in [0.2, 0.25) is 0 Å². The summed E-state index contributed by atoms with van der Waals surface area (Å²) in [6.07, 6.45) is 6.19. The van der Waals surface area contributed by atoms with Crippen LogP contribution in [0.3, 0.4) is 0 Å². The zero-order chi connectivity index (χ0) is 19.4. The lowest BCUT2D eigenvalue weighted by Gasteiger charge is -2.32. The molecule has 29 heavy (non-hydrogen) atoms. The van der Waals surface area contributed by atoms with Gasteiger partial charge in [-0.3, -0.25) is 9.36 Å². The predicted octanol–water partition coefficient (Wildman–Crippen LogP) is 5.60. The lowest BCUT2D eigenvalue weighted by molar-refractivity contribution is 0.662. The lowest BCUT2D eigenvalue weighted by atomic mass is 9.97. The number of rotatable bonds is 2. The van der Waals surface area contributed by atoms with Gasteiger partial charge in [-0.25, -0.2) is 4.98 Å². The summed E-state index contributed by atoms with van der Waals surface area (Å²) in [5.74, 6) is 0. The molecule has 2 aliphatic rings. The highest BCUT2D eigenvalue weighted by Gasteiger charge is 2.25. The van der Waals surface area contributed by atoms with Crippen molar-refractivity contribution >= 4 is 44.7 Å². The molecular formula is C23H19N3OS2. The Morgan fingerprint density at radius 1 is 0.931 bits per heavy atom. The molecule has 0 atom stereocenters. The van der Waals surface area contributed by atoms with Gasteiger partial charge in [0.25, 0.3) is 5.56 Å². The molecule has 0 N–H and O–H groups in total. The molecular weight excluding hydrogens is 398 g/mol.